The number of carbonyl (C=O) groups is 1. The Morgan fingerprint density at radius 3 is 3.00 bits per heavy atom. The van der Waals surface area contributed by atoms with Gasteiger partial charge in [-0.25, -0.2) is 0 Å². The second kappa shape index (κ2) is 5.40. The van der Waals surface area contributed by atoms with Crippen molar-refractivity contribution in [2.75, 3.05) is 13.6 Å². The Morgan fingerprint density at radius 1 is 1.57 bits per heavy atom. The molecule has 14 heavy (non-hydrogen) atoms. The molecule has 3 heteroatoms. The van der Waals surface area contributed by atoms with Gasteiger partial charge in [-0.3, -0.25) is 4.79 Å². The summed E-state index contributed by atoms with van der Waals surface area (Å²) in [4.78, 5) is 10.7. The Hall–Kier alpha value is -1.35. The molecule has 0 aliphatic rings. The summed E-state index contributed by atoms with van der Waals surface area (Å²) >= 11 is 0. The van der Waals surface area contributed by atoms with Crippen molar-refractivity contribution in [2.45, 2.75) is 6.92 Å². The lowest BCUT2D eigenvalue weighted by Crippen LogP contribution is -2.08. The van der Waals surface area contributed by atoms with Crippen molar-refractivity contribution in [3.05, 3.63) is 36.2 Å². The molecular weight excluding hydrogens is 178 g/mol. The molecule has 1 rings (SSSR count). The van der Waals surface area contributed by atoms with Gasteiger partial charge in [0.1, 0.15) is 5.75 Å². The first-order valence-corrected chi connectivity index (χ1v) is 4.48. The molecule has 0 heterocycles. The van der Waals surface area contributed by atoms with Gasteiger partial charge in [0, 0.05) is 19.9 Å². The number of likely N-dealkylation sites (N-methyl/N-ethyl adjacent to an activating group) is 1. The van der Waals surface area contributed by atoms with E-state index in [0.29, 0.717) is 5.75 Å². The highest BCUT2D eigenvalue weighted by atomic mass is 16.5. The fourth-order valence-corrected chi connectivity index (χ4v) is 1.09. The molecule has 0 unspecified atom stereocenters. The van der Waals surface area contributed by atoms with Crippen LogP contribution < -0.4 is 10.1 Å². The van der Waals surface area contributed by atoms with Crippen LogP contribution in [0.15, 0.2) is 24.3 Å². The van der Waals surface area contributed by atoms with Gasteiger partial charge in [-0.2, -0.15) is 0 Å². The van der Waals surface area contributed by atoms with E-state index in [1.807, 2.05) is 31.7 Å². The molecule has 0 spiro atoms. The van der Waals surface area contributed by atoms with Crippen LogP contribution in [0.4, 0.5) is 0 Å². The van der Waals surface area contributed by atoms with Crippen molar-refractivity contribution in [1.29, 1.82) is 0 Å². The Balaban J connectivity index is 2.63. The standard InChI is InChI=1S/C11H14NO2/c1-9(13)14-11-5-3-4-10(8-11)6-7-12-2/h3-6,8,12H,7H2,1-2H3. The summed E-state index contributed by atoms with van der Waals surface area (Å²) in [5.41, 5.74) is 1.04. The zero-order chi connectivity index (χ0) is 10.4. The number of ether oxygens (including phenoxy) is 1. The number of hydrogen-bond donors (Lipinski definition) is 1. The predicted octanol–water partition coefficient (Wildman–Crippen LogP) is 1.38. The molecule has 1 aromatic carbocycles. The van der Waals surface area contributed by atoms with E-state index < -0.39 is 0 Å². The number of benzene rings is 1. The van der Waals surface area contributed by atoms with Gasteiger partial charge in [-0.15, -0.1) is 0 Å². The van der Waals surface area contributed by atoms with E-state index in [1.165, 1.54) is 6.92 Å². The van der Waals surface area contributed by atoms with Crippen LogP contribution in [0, 0.1) is 6.42 Å². The van der Waals surface area contributed by atoms with Crippen molar-refractivity contribution in [2.24, 2.45) is 0 Å². The van der Waals surface area contributed by atoms with Gasteiger partial charge in [-0.1, -0.05) is 12.1 Å². The predicted molar refractivity (Wildman–Crippen MR) is 55.1 cm³/mol. The summed E-state index contributed by atoms with van der Waals surface area (Å²) in [6.45, 7) is 2.19. The molecule has 0 saturated carbocycles. The summed E-state index contributed by atoms with van der Waals surface area (Å²) in [6.07, 6.45) is 2.02. The van der Waals surface area contributed by atoms with E-state index in [1.54, 1.807) is 6.07 Å². The number of rotatable bonds is 4. The Bertz CT molecular complexity index is 310. The quantitative estimate of drug-likeness (QED) is 0.578. The Labute approximate surface area is 84.1 Å². The molecular formula is C11H14NO2. The van der Waals surface area contributed by atoms with E-state index in [9.17, 15) is 4.79 Å². The molecule has 1 aromatic rings. The number of nitrogens with one attached hydrogen (secondary N) is 1. The van der Waals surface area contributed by atoms with Gasteiger partial charge in [-0.05, 0) is 24.7 Å². The molecule has 0 amide bonds. The van der Waals surface area contributed by atoms with Crippen LogP contribution in [0.2, 0.25) is 0 Å². The SMILES string of the molecule is CNC[CH]c1cccc(OC(C)=O)c1. The Kier molecular flexibility index (Phi) is 4.13. The van der Waals surface area contributed by atoms with Crippen molar-refractivity contribution in [3.8, 4) is 5.75 Å². The maximum Gasteiger partial charge on any atom is 0.308 e. The number of carbonyl (C=O) groups excluding carboxylic acids is 1. The topological polar surface area (TPSA) is 38.3 Å². The van der Waals surface area contributed by atoms with Crippen LogP contribution in [-0.4, -0.2) is 19.6 Å². The summed E-state index contributed by atoms with van der Waals surface area (Å²) < 4.78 is 4.96. The van der Waals surface area contributed by atoms with Crippen LogP contribution in [0.1, 0.15) is 12.5 Å². The maximum absolute atomic E-state index is 10.7. The minimum atomic E-state index is -0.296. The van der Waals surface area contributed by atoms with Gasteiger partial charge >= 0.3 is 5.97 Å². The second-order valence-electron chi connectivity index (χ2n) is 2.93. The average Bonchev–Trinajstić information content (AvgIpc) is 2.14. The van der Waals surface area contributed by atoms with Gasteiger partial charge in [0.05, 0.1) is 0 Å². The van der Waals surface area contributed by atoms with E-state index >= 15 is 0 Å². The van der Waals surface area contributed by atoms with Crippen molar-refractivity contribution in [1.82, 2.24) is 5.32 Å². The van der Waals surface area contributed by atoms with Crippen molar-refractivity contribution in [3.63, 3.8) is 0 Å². The van der Waals surface area contributed by atoms with Gasteiger partial charge in [0.25, 0.3) is 0 Å². The number of esters is 1. The van der Waals surface area contributed by atoms with E-state index in [2.05, 4.69) is 5.32 Å². The largest absolute Gasteiger partial charge is 0.427 e. The lowest BCUT2D eigenvalue weighted by atomic mass is 10.1. The lowest BCUT2D eigenvalue weighted by molar-refractivity contribution is -0.131. The third-order valence-corrected chi connectivity index (χ3v) is 1.66. The maximum atomic E-state index is 10.7. The lowest BCUT2D eigenvalue weighted by Gasteiger charge is -2.04. The smallest absolute Gasteiger partial charge is 0.308 e. The van der Waals surface area contributed by atoms with Gasteiger partial charge < -0.3 is 10.1 Å². The zero-order valence-electron chi connectivity index (χ0n) is 8.41. The first-order valence-electron chi connectivity index (χ1n) is 4.48. The monoisotopic (exact) mass is 192 g/mol. The molecule has 75 valence electrons. The molecule has 0 aliphatic heterocycles. The molecule has 0 fully saturated rings. The second-order valence-corrected chi connectivity index (χ2v) is 2.93. The highest BCUT2D eigenvalue weighted by Gasteiger charge is 1.99. The minimum absolute atomic E-state index is 0.296. The van der Waals surface area contributed by atoms with Crippen molar-refractivity contribution >= 4 is 5.97 Å². The molecule has 0 saturated heterocycles. The molecule has 1 radical (unpaired) electrons. The number of hydrogen-bond acceptors (Lipinski definition) is 3. The molecule has 0 bridgehead atoms. The third kappa shape index (κ3) is 3.58. The first-order chi connectivity index (χ1) is 6.72. The summed E-state index contributed by atoms with van der Waals surface area (Å²) in [5, 5.41) is 3.01. The summed E-state index contributed by atoms with van der Waals surface area (Å²) in [6, 6.07) is 7.42. The normalized spacial score (nSPS) is 9.86. The third-order valence-electron chi connectivity index (χ3n) is 1.66. The molecule has 0 atom stereocenters. The highest BCUT2D eigenvalue weighted by molar-refractivity contribution is 5.69. The highest BCUT2D eigenvalue weighted by Crippen LogP contribution is 2.14. The Morgan fingerprint density at radius 2 is 2.36 bits per heavy atom. The molecule has 3 nitrogen and oxygen atoms in total. The minimum Gasteiger partial charge on any atom is -0.427 e. The van der Waals surface area contributed by atoms with Crippen LogP contribution in [-0.2, 0) is 4.79 Å². The fraction of sp³-hybridized carbons (Fsp3) is 0.273. The fourth-order valence-electron chi connectivity index (χ4n) is 1.09. The summed E-state index contributed by atoms with van der Waals surface area (Å²) in [5.74, 6) is 0.290. The first kappa shape index (κ1) is 10.7. The van der Waals surface area contributed by atoms with Crippen LogP contribution in [0.5, 0.6) is 5.75 Å². The van der Waals surface area contributed by atoms with E-state index in [-0.39, 0.29) is 5.97 Å². The molecule has 0 aromatic heterocycles. The van der Waals surface area contributed by atoms with Crippen molar-refractivity contribution < 1.29 is 9.53 Å². The van der Waals surface area contributed by atoms with Crippen LogP contribution in [0.3, 0.4) is 0 Å². The molecule has 1 N–H and O–H groups in total. The van der Waals surface area contributed by atoms with E-state index in [4.69, 9.17) is 4.74 Å². The zero-order valence-corrected chi connectivity index (χ0v) is 8.41. The van der Waals surface area contributed by atoms with Crippen LogP contribution >= 0.6 is 0 Å². The van der Waals surface area contributed by atoms with Crippen LogP contribution in [0.25, 0.3) is 0 Å². The average molecular weight is 192 g/mol. The van der Waals surface area contributed by atoms with Gasteiger partial charge in [0.15, 0.2) is 0 Å². The van der Waals surface area contributed by atoms with E-state index in [0.717, 1.165) is 12.1 Å². The van der Waals surface area contributed by atoms with Gasteiger partial charge in [0.2, 0.25) is 0 Å². The molecule has 0 aliphatic carbocycles. The summed E-state index contributed by atoms with van der Waals surface area (Å²) in [7, 11) is 1.88.